The zero-order valence-corrected chi connectivity index (χ0v) is 17.4. The molecule has 164 valence electrons. The number of β-lactam (4-membered cyclic amide) rings is 1. The highest BCUT2D eigenvalue weighted by molar-refractivity contribution is 8.00. The Balaban J connectivity index is 0.00000341. The third kappa shape index (κ3) is 5.11. The summed E-state index contributed by atoms with van der Waals surface area (Å²) in [7, 11) is 1.25. The molecule has 2 atom stereocenters. The van der Waals surface area contributed by atoms with Crippen molar-refractivity contribution in [3.8, 4) is 0 Å². The maximum Gasteiger partial charge on any atom is 0.352 e. The fourth-order valence-electron chi connectivity index (χ4n) is 2.88. The topological polar surface area (TPSA) is 174 Å². The van der Waals surface area contributed by atoms with Crippen molar-refractivity contribution in [2.45, 2.75) is 18.3 Å². The second-order valence-corrected chi connectivity index (χ2v) is 8.09. The van der Waals surface area contributed by atoms with Crippen molar-refractivity contribution in [2.75, 3.05) is 25.2 Å². The molecule has 0 aromatic carbocycles. The van der Waals surface area contributed by atoms with Gasteiger partial charge >= 0.3 is 35.0 Å². The number of nitrogens with one attached hydrogen (secondary N) is 1. The van der Waals surface area contributed by atoms with Gasteiger partial charge in [0.1, 0.15) is 36.5 Å². The lowest BCUT2D eigenvalue weighted by Gasteiger charge is -2.49. The molecule has 0 aliphatic carbocycles. The van der Waals surface area contributed by atoms with Crippen molar-refractivity contribution in [1.82, 2.24) is 15.2 Å². The molecule has 3 heterocycles. The Morgan fingerprint density at radius 1 is 1.45 bits per heavy atom. The highest BCUT2D eigenvalue weighted by atomic mass is 32.2. The van der Waals surface area contributed by atoms with E-state index in [0.717, 1.165) is 16.2 Å². The number of fused-ring (bicyclic) bond motifs is 1. The van der Waals surface area contributed by atoms with Gasteiger partial charge in [0.05, 0.1) is 0 Å². The van der Waals surface area contributed by atoms with Gasteiger partial charge in [0, 0.05) is 23.6 Å². The third-order valence-electron chi connectivity index (χ3n) is 4.15. The summed E-state index contributed by atoms with van der Waals surface area (Å²) in [6.07, 6.45) is 0. The molecule has 0 radical (unpaired) electrons. The van der Waals surface area contributed by atoms with Crippen LogP contribution in [-0.2, 0) is 28.8 Å². The summed E-state index contributed by atoms with van der Waals surface area (Å²) in [5.41, 5.74) is 5.67. The highest BCUT2D eigenvalue weighted by Gasteiger charge is 2.54. The summed E-state index contributed by atoms with van der Waals surface area (Å²) >= 11 is 2.35. The molecule has 4 N–H and O–H groups in total. The van der Waals surface area contributed by atoms with E-state index in [1.807, 2.05) is 0 Å². The Morgan fingerprint density at radius 2 is 2.16 bits per heavy atom. The monoisotopic (exact) mass is 481 g/mol. The van der Waals surface area contributed by atoms with Crippen molar-refractivity contribution in [2.24, 2.45) is 5.16 Å². The molecule has 31 heavy (non-hydrogen) atoms. The van der Waals surface area contributed by atoms with Gasteiger partial charge in [0.2, 0.25) is 0 Å². The number of thioether (sulfide) groups is 1. The Kier molecular flexibility index (Phi) is 8.27. The van der Waals surface area contributed by atoms with Crippen molar-refractivity contribution >= 4 is 80.7 Å². The lowest BCUT2D eigenvalue weighted by Crippen LogP contribution is -2.71. The standard InChI is InChI=1S/C16H17N5O7S2.Mg.2H/c1-6(22)28-3-7-4-29-14-10(13(24)21(14)11(7)15(25)26)19-12(23)9(20-27-2)8-5-30-16(17)18-8;;;/h5,10,14H,3-4H2,1-2H3,(H2,17,18)(H,19,23)(H,25,26);;;/b20-9+;;;/t10-,14-;;;/m1.../s1. The number of carboxylic acids is 1. The minimum absolute atomic E-state index is 0. The molecule has 3 rings (SSSR count). The molecular weight excluding hydrogens is 463 g/mol. The SMILES string of the molecule is CO/N=C(/C(=O)N[C@@H]1C(=O)N2C(C(=O)O)=C(COC(C)=O)CS[C@H]12)c1csc(N)n1.[MgH2]. The van der Waals surface area contributed by atoms with E-state index in [9.17, 15) is 24.3 Å². The van der Waals surface area contributed by atoms with Gasteiger partial charge in [-0.15, -0.1) is 23.1 Å². The summed E-state index contributed by atoms with van der Waals surface area (Å²) in [5.74, 6) is -2.98. The van der Waals surface area contributed by atoms with Crippen LogP contribution in [0.25, 0.3) is 0 Å². The van der Waals surface area contributed by atoms with E-state index in [1.54, 1.807) is 0 Å². The van der Waals surface area contributed by atoms with Gasteiger partial charge in [0.15, 0.2) is 10.8 Å². The molecule has 1 aromatic rings. The van der Waals surface area contributed by atoms with E-state index in [0.29, 0.717) is 5.57 Å². The number of thiazole rings is 1. The molecule has 2 aliphatic heterocycles. The summed E-state index contributed by atoms with van der Waals surface area (Å²) in [5, 5.41) is 16.9. The second-order valence-electron chi connectivity index (χ2n) is 6.09. The Labute approximate surface area is 200 Å². The number of ether oxygens (including phenoxy) is 1. The van der Waals surface area contributed by atoms with Gasteiger partial charge < -0.3 is 25.7 Å². The molecule has 0 unspecified atom stereocenters. The molecule has 0 bridgehead atoms. The van der Waals surface area contributed by atoms with Crippen LogP contribution >= 0.6 is 23.1 Å². The number of rotatable bonds is 7. The molecule has 2 aliphatic rings. The summed E-state index contributed by atoms with van der Waals surface area (Å²) in [6.45, 7) is 0.975. The van der Waals surface area contributed by atoms with Crippen LogP contribution in [-0.4, -0.2) is 98.4 Å². The van der Waals surface area contributed by atoms with Crippen LogP contribution < -0.4 is 11.1 Å². The number of esters is 1. The fourth-order valence-corrected chi connectivity index (χ4v) is 4.76. The number of hydrogen-bond donors (Lipinski definition) is 3. The normalized spacial score (nSPS) is 20.3. The number of nitrogen functional groups attached to an aromatic ring is 1. The Hall–Kier alpha value is -2.36. The number of nitrogens with two attached hydrogens (primary N) is 1. The molecule has 2 amide bonds. The molecular formula is C16H19MgN5O7S2. The maximum absolute atomic E-state index is 12.7. The van der Waals surface area contributed by atoms with Crippen LogP contribution in [0.3, 0.4) is 0 Å². The van der Waals surface area contributed by atoms with Gasteiger partial charge in [0.25, 0.3) is 11.8 Å². The second kappa shape index (κ2) is 10.3. The number of carboxylic acid groups (broad SMARTS) is 1. The number of nitrogens with zero attached hydrogens (tertiary/aromatic N) is 3. The number of carbonyl (C=O) groups excluding carboxylic acids is 3. The zero-order valence-electron chi connectivity index (χ0n) is 15.8. The van der Waals surface area contributed by atoms with Gasteiger partial charge in [-0.2, -0.15) is 0 Å². The first-order valence-electron chi connectivity index (χ1n) is 8.41. The first-order chi connectivity index (χ1) is 14.2. The average molecular weight is 482 g/mol. The van der Waals surface area contributed by atoms with Crippen LogP contribution in [0.15, 0.2) is 21.8 Å². The maximum atomic E-state index is 12.7. The quantitative estimate of drug-likeness (QED) is 0.136. The largest absolute Gasteiger partial charge is 0.477 e. The Morgan fingerprint density at radius 3 is 2.71 bits per heavy atom. The van der Waals surface area contributed by atoms with E-state index >= 15 is 0 Å². The summed E-state index contributed by atoms with van der Waals surface area (Å²) < 4.78 is 4.88. The lowest BCUT2D eigenvalue weighted by molar-refractivity contribution is -0.150. The number of anilines is 1. The van der Waals surface area contributed by atoms with Crippen molar-refractivity contribution in [1.29, 1.82) is 0 Å². The predicted octanol–water partition coefficient (Wildman–Crippen LogP) is -1.54. The van der Waals surface area contributed by atoms with E-state index < -0.39 is 35.2 Å². The Bertz CT molecular complexity index is 979. The number of hydrogen-bond acceptors (Lipinski definition) is 11. The fraction of sp³-hybridized carbons (Fsp3) is 0.375. The van der Waals surface area contributed by atoms with Crippen molar-refractivity contribution in [3.05, 3.63) is 22.3 Å². The highest BCUT2D eigenvalue weighted by Crippen LogP contribution is 2.40. The van der Waals surface area contributed by atoms with Crippen LogP contribution in [0.2, 0.25) is 0 Å². The van der Waals surface area contributed by atoms with Crippen LogP contribution in [0.4, 0.5) is 5.13 Å². The first-order valence-corrected chi connectivity index (χ1v) is 10.3. The molecule has 1 saturated heterocycles. The third-order valence-corrected chi connectivity index (χ3v) is 6.16. The lowest BCUT2D eigenvalue weighted by atomic mass is 10.0. The van der Waals surface area contributed by atoms with Gasteiger partial charge in [-0.3, -0.25) is 19.3 Å². The number of oxime groups is 1. The number of carbonyl (C=O) groups is 4. The van der Waals surface area contributed by atoms with E-state index in [4.69, 9.17) is 10.5 Å². The predicted molar refractivity (Wildman–Crippen MR) is 115 cm³/mol. The zero-order chi connectivity index (χ0) is 22.0. The van der Waals surface area contributed by atoms with Crippen molar-refractivity contribution < 1.29 is 33.9 Å². The summed E-state index contributed by atoms with van der Waals surface area (Å²) in [6, 6.07) is -0.967. The van der Waals surface area contributed by atoms with Gasteiger partial charge in [-0.25, -0.2) is 9.78 Å². The van der Waals surface area contributed by atoms with Gasteiger partial charge in [-0.05, 0) is 0 Å². The average Bonchev–Trinajstić information content (AvgIpc) is 3.13. The van der Waals surface area contributed by atoms with E-state index in [1.165, 1.54) is 31.2 Å². The molecule has 15 heteroatoms. The molecule has 1 aromatic heterocycles. The van der Waals surface area contributed by atoms with Gasteiger partial charge in [-0.1, -0.05) is 5.16 Å². The van der Waals surface area contributed by atoms with Crippen molar-refractivity contribution in [3.63, 3.8) is 0 Å². The van der Waals surface area contributed by atoms with E-state index in [-0.39, 0.29) is 57.6 Å². The molecule has 0 saturated carbocycles. The number of aliphatic carboxylic acids is 1. The first kappa shape index (κ1) is 24.9. The minimum Gasteiger partial charge on any atom is -0.477 e. The molecule has 0 spiro atoms. The number of aromatic nitrogens is 1. The van der Waals surface area contributed by atoms with Crippen LogP contribution in [0, 0.1) is 0 Å². The smallest absolute Gasteiger partial charge is 0.352 e. The molecule has 12 nitrogen and oxygen atoms in total. The van der Waals surface area contributed by atoms with Crippen LogP contribution in [0.5, 0.6) is 0 Å². The minimum atomic E-state index is -1.32. The summed E-state index contributed by atoms with van der Waals surface area (Å²) in [4.78, 5) is 57.8. The molecule has 1 fully saturated rings. The number of amides is 2. The van der Waals surface area contributed by atoms with E-state index in [2.05, 4.69) is 20.3 Å². The van der Waals surface area contributed by atoms with Crippen LogP contribution in [0.1, 0.15) is 12.6 Å².